The Morgan fingerprint density at radius 1 is 1.20 bits per heavy atom. The molecule has 0 unspecified atom stereocenters. The van der Waals surface area contributed by atoms with Gasteiger partial charge in [-0.3, -0.25) is 14.8 Å². The third-order valence-electron chi connectivity index (χ3n) is 7.57. The molecule has 0 saturated carbocycles. The van der Waals surface area contributed by atoms with Crippen LogP contribution in [-0.4, -0.2) is 96.6 Å². The number of nitrogens with one attached hydrogen (secondary N) is 1. The van der Waals surface area contributed by atoms with Gasteiger partial charge in [-0.15, -0.1) is 22.7 Å². The fraction of sp³-hybridized carbons (Fsp3) is 0.310. The molecule has 2 fully saturated rings. The van der Waals surface area contributed by atoms with Crippen LogP contribution in [0.2, 0.25) is 5.02 Å². The summed E-state index contributed by atoms with van der Waals surface area (Å²) in [5.74, 6) is -1.13. The van der Waals surface area contributed by atoms with E-state index in [9.17, 15) is 18.8 Å². The van der Waals surface area contributed by atoms with E-state index in [1.165, 1.54) is 61.2 Å². The second-order valence-corrected chi connectivity index (χ2v) is 12.4. The molecule has 6 rings (SSSR count). The number of piperazine rings is 1. The molecule has 0 radical (unpaired) electrons. The predicted octanol–water partition coefficient (Wildman–Crippen LogP) is 3.72. The highest BCUT2D eigenvalue weighted by atomic mass is 35.5. The molecule has 0 aliphatic carbocycles. The number of benzene rings is 1. The second-order valence-electron chi connectivity index (χ2n) is 10.3. The van der Waals surface area contributed by atoms with Gasteiger partial charge in [0.15, 0.2) is 16.0 Å². The minimum atomic E-state index is -0.863. The molecule has 45 heavy (non-hydrogen) atoms. The molecular formula is C29H27ClFN7O5S2. The molecule has 16 heteroatoms. The minimum absolute atomic E-state index is 0.121. The largest absolute Gasteiger partial charge is 0.466 e. The van der Waals surface area contributed by atoms with Crippen LogP contribution >= 0.6 is 34.3 Å². The summed E-state index contributed by atoms with van der Waals surface area (Å²) in [5.41, 5.74) is 1.83. The maximum Gasteiger partial charge on any atom is 0.338 e. The summed E-state index contributed by atoms with van der Waals surface area (Å²) in [6.45, 7) is 2.31. The number of esters is 2. The van der Waals surface area contributed by atoms with E-state index in [1.54, 1.807) is 22.6 Å². The number of aliphatic imine (C=N–C) groups is 1. The van der Waals surface area contributed by atoms with E-state index in [1.807, 2.05) is 10.3 Å². The van der Waals surface area contributed by atoms with Gasteiger partial charge in [-0.05, 0) is 18.2 Å². The van der Waals surface area contributed by atoms with E-state index in [2.05, 4.69) is 24.9 Å². The molecule has 2 aromatic heterocycles. The predicted molar refractivity (Wildman–Crippen MR) is 168 cm³/mol. The number of halogens is 2. The van der Waals surface area contributed by atoms with Gasteiger partial charge in [0.25, 0.3) is 0 Å². The molecule has 0 bridgehead atoms. The van der Waals surface area contributed by atoms with E-state index in [4.69, 9.17) is 21.3 Å². The lowest BCUT2D eigenvalue weighted by molar-refractivity contribution is -0.136. The van der Waals surface area contributed by atoms with Crippen LogP contribution in [0.4, 0.5) is 14.3 Å². The fourth-order valence-corrected chi connectivity index (χ4v) is 7.12. The standard InChI is InChI=1S/C29H27ClFN7O5S2/c1-42-22(39)6-4-17-15-45-28(33-17)38-13-18-12-36(8-9-37(18)29(38)41)14-21-23(27(40)43-2)24(19-5-3-16(31)11-20(19)30)35-25(34-21)26-32-7-10-44-26/h3-7,10-11,15,18,24H,8-9,12-14H2,1-2H3,(H,34,35)/b6-4+/t18-,24-/m0/s1. The normalized spacial score (nSPS) is 20.4. The number of carbonyl (C=O) groups is 3. The van der Waals surface area contributed by atoms with Gasteiger partial charge < -0.3 is 19.7 Å². The Morgan fingerprint density at radius 2 is 2.04 bits per heavy atom. The van der Waals surface area contributed by atoms with Gasteiger partial charge in [0.05, 0.1) is 38.1 Å². The van der Waals surface area contributed by atoms with Crippen LogP contribution in [0.3, 0.4) is 0 Å². The molecule has 234 valence electrons. The summed E-state index contributed by atoms with van der Waals surface area (Å²) in [4.78, 5) is 57.4. The molecule has 5 heterocycles. The number of urea groups is 1. The first-order chi connectivity index (χ1) is 21.7. The van der Waals surface area contributed by atoms with E-state index in [0.717, 1.165) is 0 Å². The number of thiazole rings is 2. The first-order valence-electron chi connectivity index (χ1n) is 13.8. The lowest BCUT2D eigenvalue weighted by Crippen LogP contribution is -2.53. The van der Waals surface area contributed by atoms with Crippen molar-refractivity contribution in [1.82, 2.24) is 25.1 Å². The summed E-state index contributed by atoms with van der Waals surface area (Å²) >= 11 is 9.17. The Morgan fingerprint density at radius 3 is 2.78 bits per heavy atom. The molecule has 2 saturated heterocycles. The highest BCUT2D eigenvalue weighted by Crippen LogP contribution is 2.37. The van der Waals surface area contributed by atoms with Gasteiger partial charge in [-0.25, -0.2) is 28.7 Å². The monoisotopic (exact) mass is 671 g/mol. The topological polar surface area (TPSA) is 130 Å². The van der Waals surface area contributed by atoms with Crippen molar-refractivity contribution in [2.45, 2.75) is 12.1 Å². The number of hydrogen-bond donors (Lipinski definition) is 1. The molecule has 3 aromatic rings. The lowest BCUT2D eigenvalue weighted by atomic mass is 9.95. The van der Waals surface area contributed by atoms with Crippen LogP contribution in [0.1, 0.15) is 22.3 Å². The number of methoxy groups -OCH3 is 2. The molecule has 2 amide bonds. The third-order valence-corrected chi connectivity index (χ3v) is 9.56. The van der Waals surface area contributed by atoms with Crippen molar-refractivity contribution in [2.24, 2.45) is 4.99 Å². The van der Waals surface area contributed by atoms with Crippen LogP contribution in [-0.2, 0) is 19.1 Å². The van der Waals surface area contributed by atoms with E-state index in [0.29, 0.717) is 65.7 Å². The molecular weight excluding hydrogens is 645 g/mol. The molecule has 12 nitrogen and oxygen atoms in total. The Balaban J connectivity index is 1.25. The molecule has 2 atom stereocenters. The zero-order valence-corrected chi connectivity index (χ0v) is 26.5. The van der Waals surface area contributed by atoms with Crippen molar-refractivity contribution in [1.29, 1.82) is 0 Å². The van der Waals surface area contributed by atoms with E-state index >= 15 is 0 Å². The first-order valence-corrected chi connectivity index (χ1v) is 15.9. The highest BCUT2D eigenvalue weighted by molar-refractivity contribution is 7.14. The zero-order valence-electron chi connectivity index (χ0n) is 24.1. The zero-order chi connectivity index (χ0) is 31.7. The summed E-state index contributed by atoms with van der Waals surface area (Å²) < 4.78 is 23.8. The van der Waals surface area contributed by atoms with Crippen LogP contribution in [0.25, 0.3) is 6.08 Å². The fourth-order valence-electron chi connectivity index (χ4n) is 5.47. The Kier molecular flexibility index (Phi) is 8.94. The van der Waals surface area contributed by atoms with Gasteiger partial charge in [0.2, 0.25) is 0 Å². The molecule has 3 aliphatic heterocycles. The number of rotatable bonds is 8. The highest BCUT2D eigenvalue weighted by Gasteiger charge is 2.43. The van der Waals surface area contributed by atoms with Gasteiger partial charge in [-0.1, -0.05) is 17.7 Å². The maximum absolute atomic E-state index is 14.0. The Hall–Kier alpha value is -4.18. The number of ether oxygens (including phenoxy) is 2. The average Bonchev–Trinajstić information content (AvgIpc) is 3.80. The molecule has 3 aliphatic rings. The second kappa shape index (κ2) is 13.0. The van der Waals surface area contributed by atoms with Crippen LogP contribution in [0.15, 0.2) is 57.5 Å². The number of aromatic nitrogens is 2. The number of anilines is 1. The number of nitrogens with zero attached hydrogens (tertiary/aromatic N) is 6. The van der Waals surface area contributed by atoms with Crippen LogP contribution in [0.5, 0.6) is 0 Å². The number of hydrogen-bond acceptors (Lipinski definition) is 12. The van der Waals surface area contributed by atoms with Crippen molar-refractivity contribution in [3.05, 3.63) is 79.6 Å². The van der Waals surface area contributed by atoms with E-state index in [-0.39, 0.29) is 22.7 Å². The number of amidine groups is 1. The van der Waals surface area contributed by atoms with Crippen molar-refractivity contribution in [3.8, 4) is 0 Å². The van der Waals surface area contributed by atoms with Crippen molar-refractivity contribution in [3.63, 3.8) is 0 Å². The van der Waals surface area contributed by atoms with Gasteiger partial charge >= 0.3 is 18.0 Å². The van der Waals surface area contributed by atoms with Gasteiger partial charge in [0.1, 0.15) is 11.9 Å². The molecule has 1 N–H and O–H groups in total. The van der Waals surface area contributed by atoms with E-state index < -0.39 is 23.8 Å². The summed E-state index contributed by atoms with van der Waals surface area (Å²) in [6.07, 6.45) is 4.48. The number of amides is 2. The summed E-state index contributed by atoms with van der Waals surface area (Å²) in [6, 6.07) is 2.87. The van der Waals surface area contributed by atoms with Gasteiger partial charge in [-0.2, -0.15) is 0 Å². The van der Waals surface area contributed by atoms with Crippen molar-refractivity contribution >= 4 is 69.3 Å². The summed E-state index contributed by atoms with van der Waals surface area (Å²) in [7, 11) is 2.59. The smallest absolute Gasteiger partial charge is 0.338 e. The van der Waals surface area contributed by atoms with Crippen molar-refractivity contribution in [2.75, 3.05) is 51.8 Å². The average molecular weight is 672 g/mol. The lowest BCUT2D eigenvalue weighted by Gasteiger charge is -2.38. The van der Waals surface area contributed by atoms with Crippen LogP contribution in [0, 0.1) is 5.82 Å². The molecule has 0 spiro atoms. The summed E-state index contributed by atoms with van der Waals surface area (Å²) in [5, 5.41) is 8.19. The van der Waals surface area contributed by atoms with Crippen molar-refractivity contribution < 1.29 is 28.2 Å². The Bertz CT molecular complexity index is 1730. The Labute approximate surface area is 270 Å². The number of fused-ring (bicyclic) bond motifs is 1. The molecule has 1 aromatic carbocycles. The quantitative estimate of drug-likeness (QED) is 0.281. The van der Waals surface area contributed by atoms with Gasteiger partial charge in [0, 0.05) is 65.5 Å². The number of carbonyl (C=O) groups excluding carboxylic acids is 3. The first kappa shape index (κ1) is 30.8. The third kappa shape index (κ3) is 6.33. The minimum Gasteiger partial charge on any atom is -0.466 e. The van der Waals surface area contributed by atoms with Crippen LogP contribution < -0.4 is 10.2 Å². The maximum atomic E-state index is 14.0. The SMILES string of the molecule is COC(=O)/C=C/c1csc(N2C[C@@H]3CN(CC4=C(C(=O)OC)[C@H](c5ccc(F)cc5Cl)N=C(c5nccs5)N4)CCN3C2=O)n1.